The van der Waals surface area contributed by atoms with Crippen molar-refractivity contribution in [2.45, 2.75) is 19.9 Å². The van der Waals surface area contributed by atoms with E-state index in [4.69, 9.17) is 16.0 Å². The van der Waals surface area contributed by atoms with E-state index in [2.05, 4.69) is 22.5 Å². The number of pyridine rings is 1. The van der Waals surface area contributed by atoms with Crippen LogP contribution >= 0.6 is 22.9 Å². The van der Waals surface area contributed by atoms with Crippen LogP contribution in [-0.4, -0.2) is 10.9 Å². The van der Waals surface area contributed by atoms with Crippen molar-refractivity contribution < 1.29 is 9.21 Å². The van der Waals surface area contributed by atoms with E-state index in [1.165, 1.54) is 17.6 Å². The zero-order valence-electron chi connectivity index (χ0n) is 16.5. The zero-order valence-corrected chi connectivity index (χ0v) is 18.1. The molecule has 0 aliphatic carbocycles. The molecule has 1 aromatic carbocycles. The SMILES string of the molecule is Cc1sc(NC(=O)c2ccco2)c([C@@H](Nc2ccccn2)c2cccc(Cl)c2)c1C. The molecule has 0 radical (unpaired) electrons. The highest BCUT2D eigenvalue weighted by Crippen LogP contribution is 2.41. The fourth-order valence-electron chi connectivity index (χ4n) is 3.26. The largest absolute Gasteiger partial charge is 0.459 e. The van der Waals surface area contributed by atoms with E-state index in [1.54, 1.807) is 18.3 Å². The first-order valence-electron chi connectivity index (χ1n) is 9.40. The molecule has 0 aliphatic heterocycles. The molecular formula is C23H20ClN3O2S. The Morgan fingerprint density at radius 3 is 2.70 bits per heavy atom. The Bertz CT molecular complexity index is 1160. The van der Waals surface area contributed by atoms with E-state index in [1.807, 2.05) is 49.4 Å². The van der Waals surface area contributed by atoms with Gasteiger partial charge in [0.25, 0.3) is 5.91 Å². The number of amides is 1. The molecule has 30 heavy (non-hydrogen) atoms. The number of nitrogens with zero attached hydrogens (tertiary/aromatic N) is 1. The van der Waals surface area contributed by atoms with Gasteiger partial charge in [0.1, 0.15) is 10.8 Å². The molecule has 2 N–H and O–H groups in total. The average Bonchev–Trinajstić information content (AvgIpc) is 3.37. The number of aryl methyl sites for hydroxylation is 1. The van der Waals surface area contributed by atoms with Gasteiger partial charge in [-0.1, -0.05) is 29.8 Å². The summed E-state index contributed by atoms with van der Waals surface area (Å²) in [5.74, 6) is 0.709. The summed E-state index contributed by atoms with van der Waals surface area (Å²) < 4.78 is 5.25. The Labute approximate surface area is 183 Å². The molecule has 1 atom stereocenters. The van der Waals surface area contributed by atoms with Gasteiger partial charge in [-0.3, -0.25) is 4.79 Å². The first kappa shape index (κ1) is 20.2. The summed E-state index contributed by atoms with van der Waals surface area (Å²) in [5.41, 5.74) is 3.05. The topological polar surface area (TPSA) is 67.2 Å². The molecule has 0 saturated heterocycles. The van der Waals surface area contributed by atoms with Gasteiger partial charge in [0, 0.05) is 21.7 Å². The van der Waals surface area contributed by atoms with Crippen LogP contribution in [0.2, 0.25) is 5.02 Å². The second-order valence-corrected chi connectivity index (χ2v) is 8.47. The van der Waals surface area contributed by atoms with Crippen molar-refractivity contribution in [3.8, 4) is 0 Å². The number of hydrogen-bond acceptors (Lipinski definition) is 5. The molecule has 3 aromatic heterocycles. The van der Waals surface area contributed by atoms with Crippen molar-refractivity contribution in [2.24, 2.45) is 0 Å². The number of rotatable bonds is 6. The van der Waals surface area contributed by atoms with Crippen LogP contribution in [0.1, 0.15) is 38.2 Å². The molecule has 0 fully saturated rings. The minimum absolute atomic E-state index is 0.254. The third-order valence-electron chi connectivity index (χ3n) is 4.83. The molecule has 4 aromatic rings. The molecule has 0 aliphatic rings. The summed E-state index contributed by atoms with van der Waals surface area (Å²) >= 11 is 7.83. The highest BCUT2D eigenvalue weighted by Gasteiger charge is 2.25. The molecule has 3 heterocycles. The predicted octanol–water partition coefficient (Wildman–Crippen LogP) is 6.46. The van der Waals surface area contributed by atoms with Gasteiger partial charge in [0.05, 0.1) is 12.3 Å². The monoisotopic (exact) mass is 437 g/mol. The lowest BCUT2D eigenvalue weighted by atomic mass is 9.96. The first-order valence-corrected chi connectivity index (χ1v) is 10.6. The van der Waals surface area contributed by atoms with E-state index in [0.717, 1.165) is 32.4 Å². The normalized spacial score (nSPS) is 11.8. The lowest BCUT2D eigenvalue weighted by Gasteiger charge is -2.22. The van der Waals surface area contributed by atoms with E-state index in [-0.39, 0.29) is 17.7 Å². The maximum atomic E-state index is 12.7. The van der Waals surface area contributed by atoms with E-state index < -0.39 is 0 Å². The highest BCUT2D eigenvalue weighted by atomic mass is 35.5. The number of hydrogen-bond donors (Lipinski definition) is 2. The van der Waals surface area contributed by atoms with Crippen LogP contribution in [0.15, 0.2) is 71.5 Å². The number of nitrogens with one attached hydrogen (secondary N) is 2. The van der Waals surface area contributed by atoms with Gasteiger partial charge in [-0.05, 0) is 61.4 Å². The molecule has 4 rings (SSSR count). The summed E-state index contributed by atoms with van der Waals surface area (Å²) in [5, 5.41) is 7.93. The summed E-state index contributed by atoms with van der Waals surface area (Å²) in [6, 6.07) is 16.5. The molecule has 0 unspecified atom stereocenters. The van der Waals surface area contributed by atoms with Gasteiger partial charge in [0.15, 0.2) is 5.76 Å². The van der Waals surface area contributed by atoms with Gasteiger partial charge in [-0.2, -0.15) is 0 Å². The lowest BCUT2D eigenvalue weighted by Crippen LogP contribution is -2.17. The number of thiophene rings is 1. The number of halogens is 1. The summed E-state index contributed by atoms with van der Waals surface area (Å²) in [4.78, 5) is 18.2. The van der Waals surface area contributed by atoms with Crippen molar-refractivity contribution in [1.82, 2.24) is 4.98 Å². The van der Waals surface area contributed by atoms with Crippen LogP contribution in [0.4, 0.5) is 10.8 Å². The van der Waals surface area contributed by atoms with Crippen LogP contribution in [0.25, 0.3) is 0 Å². The number of furan rings is 1. The maximum absolute atomic E-state index is 12.7. The maximum Gasteiger partial charge on any atom is 0.291 e. The quantitative estimate of drug-likeness (QED) is 0.363. The Morgan fingerprint density at radius 1 is 1.13 bits per heavy atom. The number of carbonyl (C=O) groups is 1. The van der Waals surface area contributed by atoms with E-state index in [0.29, 0.717) is 5.02 Å². The number of anilines is 2. The van der Waals surface area contributed by atoms with Gasteiger partial charge < -0.3 is 15.1 Å². The second kappa shape index (κ2) is 8.73. The zero-order chi connectivity index (χ0) is 21.1. The summed E-state index contributed by atoms with van der Waals surface area (Å²) in [6.07, 6.45) is 3.22. The molecule has 7 heteroatoms. The molecular weight excluding hydrogens is 418 g/mol. The Morgan fingerprint density at radius 2 is 2.00 bits per heavy atom. The van der Waals surface area contributed by atoms with Gasteiger partial charge >= 0.3 is 0 Å². The fraction of sp³-hybridized carbons (Fsp3) is 0.130. The molecule has 0 spiro atoms. The van der Waals surface area contributed by atoms with Crippen LogP contribution in [0.3, 0.4) is 0 Å². The molecule has 1 amide bonds. The third kappa shape index (κ3) is 4.25. The fourth-order valence-corrected chi connectivity index (χ4v) is 4.55. The summed E-state index contributed by atoms with van der Waals surface area (Å²) in [7, 11) is 0. The van der Waals surface area contributed by atoms with Crippen LogP contribution < -0.4 is 10.6 Å². The predicted molar refractivity (Wildman–Crippen MR) is 122 cm³/mol. The second-order valence-electron chi connectivity index (χ2n) is 6.80. The van der Waals surface area contributed by atoms with Crippen LogP contribution in [-0.2, 0) is 0 Å². The Kier molecular flexibility index (Phi) is 5.88. The molecule has 152 valence electrons. The van der Waals surface area contributed by atoms with Crippen LogP contribution in [0.5, 0.6) is 0 Å². The number of carbonyl (C=O) groups excluding carboxylic acids is 1. The van der Waals surface area contributed by atoms with Gasteiger partial charge in [-0.15, -0.1) is 11.3 Å². The van der Waals surface area contributed by atoms with Crippen molar-refractivity contribution in [2.75, 3.05) is 10.6 Å². The van der Waals surface area contributed by atoms with E-state index in [9.17, 15) is 4.79 Å². The van der Waals surface area contributed by atoms with Crippen LogP contribution in [0, 0.1) is 13.8 Å². The average molecular weight is 438 g/mol. The van der Waals surface area contributed by atoms with Crippen molar-refractivity contribution in [3.63, 3.8) is 0 Å². The lowest BCUT2D eigenvalue weighted by molar-refractivity contribution is 0.0997. The Balaban J connectivity index is 1.79. The van der Waals surface area contributed by atoms with Crippen molar-refractivity contribution in [1.29, 1.82) is 0 Å². The van der Waals surface area contributed by atoms with Gasteiger partial charge in [-0.25, -0.2) is 4.98 Å². The Hall–Kier alpha value is -3.09. The number of benzene rings is 1. The smallest absolute Gasteiger partial charge is 0.291 e. The molecule has 0 saturated carbocycles. The van der Waals surface area contributed by atoms with E-state index >= 15 is 0 Å². The number of aromatic nitrogens is 1. The molecule has 0 bridgehead atoms. The molecule has 5 nitrogen and oxygen atoms in total. The highest BCUT2D eigenvalue weighted by molar-refractivity contribution is 7.16. The summed E-state index contributed by atoms with van der Waals surface area (Å²) in [6.45, 7) is 4.10. The minimum atomic E-state index is -0.287. The van der Waals surface area contributed by atoms with Gasteiger partial charge in [0.2, 0.25) is 0 Å². The van der Waals surface area contributed by atoms with Crippen molar-refractivity contribution >= 4 is 39.7 Å². The van der Waals surface area contributed by atoms with Crippen molar-refractivity contribution in [3.05, 3.63) is 99.4 Å². The first-order chi connectivity index (χ1) is 14.5. The standard InChI is InChI=1S/C23H20ClN3O2S/c1-14-15(2)30-23(27-22(28)18-9-6-12-29-18)20(14)21(16-7-5-8-17(24)13-16)26-19-10-3-4-11-25-19/h3-13,21H,1-2H3,(H,25,26)(H,27,28)/t21-/m0/s1. The third-order valence-corrected chi connectivity index (χ3v) is 6.21. The minimum Gasteiger partial charge on any atom is -0.459 e.